The minimum Gasteiger partial charge on any atom is -0.495 e. The van der Waals surface area contributed by atoms with Crippen LogP contribution >= 0.6 is 11.6 Å². The summed E-state index contributed by atoms with van der Waals surface area (Å²) in [6.07, 6.45) is 1.17. The van der Waals surface area contributed by atoms with E-state index < -0.39 is 0 Å². The molecule has 5 heteroatoms. The van der Waals surface area contributed by atoms with Crippen molar-refractivity contribution in [3.63, 3.8) is 0 Å². The van der Waals surface area contributed by atoms with E-state index in [-0.39, 0.29) is 12.1 Å². The molecule has 2 rings (SSSR count). The van der Waals surface area contributed by atoms with E-state index in [1.807, 2.05) is 6.07 Å². The number of nitrogens with one attached hydrogen (secondary N) is 1. The molecule has 0 spiro atoms. The summed E-state index contributed by atoms with van der Waals surface area (Å²) >= 11 is 6.07. The SMILES string of the molecule is COc1cc(NC2CCOC2C)c(OC)cc1Cl. The fraction of sp³-hybridized carbons (Fsp3) is 0.538. The minimum absolute atomic E-state index is 0.191. The quantitative estimate of drug-likeness (QED) is 0.914. The van der Waals surface area contributed by atoms with Crippen molar-refractivity contribution in [2.75, 3.05) is 26.1 Å². The largest absolute Gasteiger partial charge is 0.495 e. The van der Waals surface area contributed by atoms with Crippen LogP contribution in [0.15, 0.2) is 12.1 Å². The maximum atomic E-state index is 6.07. The second kappa shape index (κ2) is 5.67. The first-order valence-corrected chi connectivity index (χ1v) is 6.33. The van der Waals surface area contributed by atoms with Crippen LogP contribution in [0.3, 0.4) is 0 Å². The molecule has 1 aromatic rings. The molecule has 18 heavy (non-hydrogen) atoms. The van der Waals surface area contributed by atoms with Gasteiger partial charge in [0.25, 0.3) is 0 Å². The van der Waals surface area contributed by atoms with Crippen LogP contribution in [0.1, 0.15) is 13.3 Å². The van der Waals surface area contributed by atoms with Gasteiger partial charge in [0, 0.05) is 18.7 Å². The molecule has 1 aliphatic heterocycles. The van der Waals surface area contributed by atoms with Crippen LogP contribution in [0.25, 0.3) is 0 Å². The molecule has 0 saturated carbocycles. The Morgan fingerprint density at radius 2 is 2.00 bits per heavy atom. The van der Waals surface area contributed by atoms with Crippen molar-refractivity contribution in [3.8, 4) is 11.5 Å². The van der Waals surface area contributed by atoms with Crippen LogP contribution in [0.4, 0.5) is 5.69 Å². The van der Waals surface area contributed by atoms with Gasteiger partial charge in [0.15, 0.2) is 0 Å². The lowest BCUT2D eigenvalue weighted by Crippen LogP contribution is -2.26. The highest BCUT2D eigenvalue weighted by Gasteiger charge is 2.25. The molecule has 0 aromatic heterocycles. The average Bonchev–Trinajstić information content (AvgIpc) is 2.76. The summed E-state index contributed by atoms with van der Waals surface area (Å²) < 4.78 is 16.1. The van der Waals surface area contributed by atoms with Gasteiger partial charge in [0.2, 0.25) is 0 Å². The molecule has 1 aliphatic rings. The van der Waals surface area contributed by atoms with Gasteiger partial charge >= 0.3 is 0 Å². The third-order valence-corrected chi connectivity index (χ3v) is 3.49. The van der Waals surface area contributed by atoms with Crippen molar-refractivity contribution in [1.29, 1.82) is 0 Å². The molecule has 4 nitrogen and oxygen atoms in total. The van der Waals surface area contributed by atoms with Gasteiger partial charge in [-0.25, -0.2) is 0 Å². The molecule has 1 aromatic carbocycles. The number of methoxy groups -OCH3 is 2. The van der Waals surface area contributed by atoms with Crippen molar-refractivity contribution >= 4 is 17.3 Å². The van der Waals surface area contributed by atoms with Gasteiger partial charge in [-0.1, -0.05) is 11.6 Å². The van der Waals surface area contributed by atoms with Gasteiger partial charge in [-0.3, -0.25) is 0 Å². The van der Waals surface area contributed by atoms with Gasteiger partial charge in [0.1, 0.15) is 11.5 Å². The highest BCUT2D eigenvalue weighted by Crippen LogP contribution is 2.37. The summed E-state index contributed by atoms with van der Waals surface area (Å²) in [6, 6.07) is 3.89. The highest BCUT2D eigenvalue weighted by atomic mass is 35.5. The number of anilines is 1. The van der Waals surface area contributed by atoms with E-state index in [2.05, 4.69) is 12.2 Å². The Labute approximate surface area is 112 Å². The zero-order valence-corrected chi connectivity index (χ0v) is 11.6. The summed E-state index contributed by atoms with van der Waals surface area (Å²) in [4.78, 5) is 0. The van der Waals surface area contributed by atoms with E-state index in [1.165, 1.54) is 0 Å². The van der Waals surface area contributed by atoms with E-state index in [1.54, 1.807) is 20.3 Å². The first kappa shape index (κ1) is 13.3. The number of benzene rings is 1. The van der Waals surface area contributed by atoms with Crippen molar-refractivity contribution in [2.45, 2.75) is 25.5 Å². The molecule has 100 valence electrons. The third kappa shape index (κ3) is 2.65. The fourth-order valence-electron chi connectivity index (χ4n) is 2.09. The predicted molar refractivity (Wildman–Crippen MR) is 72.0 cm³/mol. The van der Waals surface area contributed by atoms with E-state index >= 15 is 0 Å². The maximum Gasteiger partial charge on any atom is 0.143 e. The number of ether oxygens (including phenoxy) is 3. The van der Waals surface area contributed by atoms with Gasteiger partial charge < -0.3 is 19.5 Å². The second-order valence-electron chi connectivity index (χ2n) is 4.30. The van der Waals surface area contributed by atoms with Crippen LogP contribution in [0, 0.1) is 0 Å². The first-order chi connectivity index (χ1) is 8.65. The monoisotopic (exact) mass is 271 g/mol. The molecule has 1 saturated heterocycles. The Balaban J connectivity index is 2.24. The fourth-order valence-corrected chi connectivity index (χ4v) is 2.33. The summed E-state index contributed by atoms with van der Waals surface area (Å²) in [6.45, 7) is 2.84. The Hall–Kier alpha value is -1.13. The minimum atomic E-state index is 0.191. The molecule has 1 heterocycles. The Morgan fingerprint density at radius 3 is 2.56 bits per heavy atom. The zero-order valence-electron chi connectivity index (χ0n) is 10.8. The van der Waals surface area contributed by atoms with Crippen molar-refractivity contribution in [3.05, 3.63) is 17.2 Å². The lowest BCUT2D eigenvalue weighted by molar-refractivity contribution is 0.121. The number of hydrogen-bond acceptors (Lipinski definition) is 4. The molecule has 2 atom stereocenters. The molecule has 0 bridgehead atoms. The van der Waals surface area contributed by atoms with Gasteiger partial charge in [-0.2, -0.15) is 0 Å². The van der Waals surface area contributed by atoms with E-state index in [0.717, 1.165) is 18.7 Å². The third-order valence-electron chi connectivity index (χ3n) is 3.19. The lowest BCUT2D eigenvalue weighted by atomic mass is 10.1. The molecule has 1 N–H and O–H groups in total. The molecule has 0 amide bonds. The molecular formula is C13H18ClNO3. The Bertz CT molecular complexity index is 425. The van der Waals surface area contributed by atoms with E-state index in [9.17, 15) is 0 Å². The van der Waals surface area contributed by atoms with Crippen LogP contribution < -0.4 is 14.8 Å². The van der Waals surface area contributed by atoms with Crippen LogP contribution in [-0.2, 0) is 4.74 Å². The molecule has 0 radical (unpaired) electrons. The van der Waals surface area contributed by atoms with E-state index in [4.69, 9.17) is 25.8 Å². The van der Waals surface area contributed by atoms with Crippen molar-refractivity contribution in [2.24, 2.45) is 0 Å². The normalized spacial score (nSPS) is 22.9. The Kier molecular flexibility index (Phi) is 4.19. The summed E-state index contributed by atoms with van der Waals surface area (Å²) in [5.74, 6) is 1.34. The second-order valence-corrected chi connectivity index (χ2v) is 4.71. The topological polar surface area (TPSA) is 39.7 Å². The first-order valence-electron chi connectivity index (χ1n) is 5.95. The van der Waals surface area contributed by atoms with Crippen LogP contribution in [0.5, 0.6) is 11.5 Å². The van der Waals surface area contributed by atoms with Crippen molar-refractivity contribution < 1.29 is 14.2 Å². The van der Waals surface area contributed by atoms with Crippen molar-refractivity contribution in [1.82, 2.24) is 0 Å². The average molecular weight is 272 g/mol. The summed E-state index contributed by atoms with van der Waals surface area (Å²) in [7, 11) is 3.22. The molecule has 2 unspecified atom stereocenters. The molecule has 1 fully saturated rings. The lowest BCUT2D eigenvalue weighted by Gasteiger charge is -2.20. The van der Waals surface area contributed by atoms with Gasteiger partial charge in [-0.15, -0.1) is 0 Å². The highest BCUT2D eigenvalue weighted by molar-refractivity contribution is 6.32. The smallest absolute Gasteiger partial charge is 0.143 e. The standard InChI is InChI=1S/C13H18ClNO3/c1-8-10(4-5-18-8)15-11-7-12(16-2)9(14)6-13(11)17-3/h6-8,10,15H,4-5H2,1-3H3. The van der Waals surface area contributed by atoms with Crippen LogP contribution in [0.2, 0.25) is 5.02 Å². The molecular weight excluding hydrogens is 254 g/mol. The van der Waals surface area contributed by atoms with Gasteiger partial charge in [-0.05, 0) is 13.3 Å². The predicted octanol–water partition coefficient (Wildman–Crippen LogP) is 2.95. The Morgan fingerprint density at radius 1 is 1.28 bits per heavy atom. The van der Waals surface area contributed by atoms with Crippen LogP contribution in [-0.4, -0.2) is 33.0 Å². The summed E-state index contributed by atoms with van der Waals surface area (Å²) in [5, 5.41) is 3.96. The number of hydrogen-bond donors (Lipinski definition) is 1. The number of rotatable bonds is 4. The number of halogens is 1. The van der Waals surface area contributed by atoms with E-state index in [0.29, 0.717) is 16.5 Å². The molecule has 0 aliphatic carbocycles. The summed E-state index contributed by atoms with van der Waals surface area (Å²) in [5.41, 5.74) is 0.876. The van der Waals surface area contributed by atoms with Gasteiger partial charge in [0.05, 0.1) is 37.1 Å². The maximum absolute atomic E-state index is 6.07. The zero-order chi connectivity index (χ0) is 13.1.